The van der Waals surface area contributed by atoms with Gasteiger partial charge in [0.15, 0.2) is 18.9 Å². The average molecular weight is 504 g/mol. The van der Waals surface area contributed by atoms with Crippen LogP contribution < -0.4 is 0 Å². The number of aliphatic hydroxyl groups is 11. The van der Waals surface area contributed by atoms with Gasteiger partial charge in [-0.2, -0.15) is 0 Å². The molecule has 200 valence electrons. The zero-order valence-electron chi connectivity index (χ0n) is 17.7. The van der Waals surface area contributed by atoms with E-state index in [1.54, 1.807) is 0 Å². The minimum Gasteiger partial charge on any atom is -0.394 e. The van der Waals surface area contributed by atoms with Gasteiger partial charge in [0.2, 0.25) is 0 Å². The van der Waals surface area contributed by atoms with E-state index in [0.29, 0.717) is 0 Å². The molecule has 3 aliphatic rings. The lowest BCUT2D eigenvalue weighted by atomic mass is 9.96. The number of hydrogen-bond acceptors (Lipinski definition) is 16. The molecule has 15 atom stereocenters. The van der Waals surface area contributed by atoms with Gasteiger partial charge < -0.3 is 79.9 Å². The second-order valence-corrected chi connectivity index (χ2v) is 8.34. The maximum atomic E-state index is 10.6. The Bertz CT molecular complexity index is 635. The molecule has 11 N–H and O–H groups in total. The minimum atomic E-state index is -1.91. The third-order valence-electron chi connectivity index (χ3n) is 6.08. The molecule has 0 aromatic carbocycles. The van der Waals surface area contributed by atoms with Crippen LogP contribution in [0.2, 0.25) is 0 Å². The van der Waals surface area contributed by atoms with Gasteiger partial charge in [0.25, 0.3) is 0 Å². The largest absolute Gasteiger partial charge is 0.394 e. The summed E-state index contributed by atoms with van der Waals surface area (Å²) in [5, 5.41) is 109. The lowest BCUT2D eigenvalue weighted by molar-refractivity contribution is -0.391. The second kappa shape index (κ2) is 11.6. The van der Waals surface area contributed by atoms with Crippen molar-refractivity contribution in [3.05, 3.63) is 0 Å². The van der Waals surface area contributed by atoms with Gasteiger partial charge in [-0.05, 0) is 0 Å². The summed E-state index contributed by atoms with van der Waals surface area (Å²) in [6.07, 6.45) is -25.1. The molecule has 3 saturated heterocycles. The summed E-state index contributed by atoms with van der Waals surface area (Å²) in [5.74, 6) is 0. The molecule has 0 aromatic heterocycles. The number of ether oxygens (including phenoxy) is 5. The highest BCUT2D eigenvalue weighted by Gasteiger charge is 2.52. The summed E-state index contributed by atoms with van der Waals surface area (Å²) >= 11 is 0. The molecule has 3 heterocycles. The Morgan fingerprint density at radius 2 is 0.765 bits per heavy atom. The first-order chi connectivity index (χ1) is 16.0. The van der Waals surface area contributed by atoms with Crippen LogP contribution in [0.1, 0.15) is 0 Å². The van der Waals surface area contributed by atoms with Crippen molar-refractivity contribution in [3.63, 3.8) is 0 Å². The third kappa shape index (κ3) is 5.37. The zero-order valence-corrected chi connectivity index (χ0v) is 17.7. The van der Waals surface area contributed by atoms with Gasteiger partial charge in [-0.25, -0.2) is 0 Å². The highest BCUT2D eigenvalue weighted by Crippen LogP contribution is 2.31. The van der Waals surface area contributed by atoms with E-state index in [1.807, 2.05) is 0 Å². The van der Waals surface area contributed by atoms with Gasteiger partial charge >= 0.3 is 0 Å². The fourth-order valence-corrected chi connectivity index (χ4v) is 3.98. The van der Waals surface area contributed by atoms with Gasteiger partial charge in [0, 0.05) is 0 Å². The Morgan fingerprint density at radius 3 is 1.18 bits per heavy atom. The SMILES string of the molecule is OC[C@H]1O[C@@H](O[C@H]2O[C@H](CO)[C@@H](O[C@H]3O[C@H](CO)[C@@H](O)[C@H](O)[C@H]3O)[C@H](O)[C@H]2O)[C@H](O)[C@@H](O)[C@@H]1O. The Balaban J connectivity index is 1.69. The summed E-state index contributed by atoms with van der Waals surface area (Å²) in [5.41, 5.74) is 0. The van der Waals surface area contributed by atoms with Crippen LogP contribution in [-0.2, 0) is 23.7 Å². The molecule has 0 bridgehead atoms. The van der Waals surface area contributed by atoms with Gasteiger partial charge in [-0.15, -0.1) is 0 Å². The lowest BCUT2D eigenvalue weighted by Crippen LogP contribution is -2.66. The molecule has 3 rings (SSSR count). The Morgan fingerprint density at radius 1 is 0.412 bits per heavy atom. The van der Waals surface area contributed by atoms with Gasteiger partial charge in [-0.3, -0.25) is 0 Å². The Kier molecular flexibility index (Phi) is 9.54. The van der Waals surface area contributed by atoms with Crippen LogP contribution >= 0.6 is 0 Å². The van der Waals surface area contributed by atoms with Crippen LogP contribution in [0.4, 0.5) is 0 Å². The van der Waals surface area contributed by atoms with E-state index in [0.717, 1.165) is 0 Å². The predicted molar refractivity (Wildman–Crippen MR) is 101 cm³/mol. The highest BCUT2D eigenvalue weighted by molar-refractivity contribution is 4.95. The van der Waals surface area contributed by atoms with Crippen molar-refractivity contribution in [1.82, 2.24) is 0 Å². The molecule has 0 aromatic rings. The van der Waals surface area contributed by atoms with E-state index in [2.05, 4.69) is 0 Å². The van der Waals surface area contributed by atoms with Crippen LogP contribution in [0.5, 0.6) is 0 Å². The Hall–Kier alpha value is -0.640. The number of aliphatic hydroxyl groups excluding tert-OH is 11. The van der Waals surface area contributed by atoms with Gasteiger partial charge in [0.05, 0.1) is 19.8 Å². The molecule has 16 heteroatoms. The Labute approximate surface area is 192 Å². The molecule has 0 radical (unpaired) electrons. The lowest BCUT2D eigenvalue weighted by Gasteiger charge is -2.47. The molecule has 0 spiro atoms. The van der Waals surface area contributed by atoms with Crippen LogP contribution in [0.15, 0.2) is 0 Å². The summed E-state index contributed by atoms with van der Waals surface area (Å²) in [4.78, 5) is 0. The maximum absolute atomic E-state index is 10.6. The van der Waals surface area contributed by atoms with Gasteiger partial charge in [-0.1, -0.05) is 0 Å². The van der Waals surface area contributed by atoms with Crippen LogP contribution in [0, 0.1) is 0 Å². The van der Waals surface area contributed by atoms with E-state index in [4.69, 9.17) is 23.7 Å². The summed E-state index contributed by atoms with van der Waals surface area (Å²) in [6, 6.07) is 0. The molecule has 0 saturated carbocycles. The van der Waals surface area contributed by atoms with E-state index < -0.39 is 112 Å². The molecule has 0 unspecified atom stereocenters. The van der Waals surface area contributed by atoms with E-state index in [-0.39, 0.29) is 0 Å². The van der Waals surface area contributed by atoms with Crippen molar-refractivity contribution in [1.29, 1.82) is 0 Å². The third-order valence-corrected chi connectivity index (χ3v) is 6.08. The van der Waals surface area contributed by atoms with E-state index >= 15 is 0 Å². The number of hydrogen-bond donors (Lipinski definition) is 11. The molecule has 0 aliphatic carbocycles. The number of rotatable bonds is 7. The van der Waals surface area contributed by atoms with Crippen LogP contribution in [0.3, 0.4) is 0 Å². The molecule has 3 fully saturated rings. The molecule has 34 heavy (non-hydrogen) atoms. The second-order valence-electron chi connectivity index (χ2n) is 8.34. The van der Waals surface area contributed by atoms with Crippen molar-refractivity contribution in [2.75, 3.05) is 19.8 Å². The highest BCUT2D eigenvalue weighted by atomic mass is 16.8. The van der Waals surface area contributed by atoms with Crippen molar-refractivity contribution >= 4 is 0 Å². The standard InChI is InChI=1S/C18H32O16/c19-1-4-7(22)9(24)12(27)16(30-4)33-15-6(3-21)32-18(14(29)11(15)26)34-17-13(28)10(25)8(23)5(2-20)31-17/h4-29H,1-3H2/t4-,5-,6-,7-,8-,9+,10+,11-,12-,13-,14-,15-,16-,17+,18-/m1/s1. The van der Waals surface area contributed by atoms with Crippen molar-refractivity contribution < 1.29 is 79.9 Å². The fraction of sp³-hybridized carbons (Fsp3) is 1.00. The summed E-state index contributed by atoms with van der Waals surface area (Å²) in [6.45, 7) is -2.30. The van der Waals surface area contributed by atoms with Gasteiger partial charge in [0.1, 0.15) is 73.2 Å². The monoisotopic (exact) mass is 504 g/mol. The first-order valence-electron chi connectivity index (χ1n) is 10.6. The summed E-state index contributed by atoms with van der Waals surface area (Å²) < 4.78 is 26.5. The van der Waals surface area contributed by atoms with Crippen molar-refractivity contribution in [2.45, 2.75) is 92.1 Å². The van der Waals surface area contributed by atoms with E-state index in [1.165, 1.54) is 0 Å². The maximum Gasteiger partial charge on any atom is 0.189 e. The first kappa shape index (κ1) is 27.9. The van der Waals surface area contributed by atoms with Crippen molar-refractivity contribution in [2.24, 2.45) is 0 Å². The molecule has 3 aliphatic heterocycles. The molecule has 16 nitrogen and oxygen atoms in total. The van der Waals surface area contributed by atoms with Crippen LogP contribution in [-0.4, -0.2) is 168 Å². The molecular formula is C18H32O16. The minimum absolute atomic E-state index is 0.740. The van der Waals surface area contributed by atoms with Crippen LogP contribution in [0.25, 0.3) is 0 Å². The zero-order chi connectivity index (χ0) is 25.3. The fourth-order valence-electron chi connectivity index (χ4n) is 3.98. The predicted octanol–water partition coefficient (Wildman–Crippen LogP) is -7.57. The quantitative estimate of drug-likeness (QED) is 0.154. The normalized spacial score (nSPS) is 52.5. The van der Waals surface area contributed by atoms with Crippen molar-refractivity contribution in [3.8, 4) is 0 Å². The summed E-state index contributed by atoms with van der Waals surface area (Å²) in [7, 11) is 0. The smallest absolute Gasteiger partial charge is 0.189 e. The topological polar surface area (TPSA) is 269 Å². The van der Waals surface area contributed by atoms with E-state index in [9.17, 15) is 56.2 Å². The first-order valence-corrected chi connectivity index (χ1v) is 10.6. The molecular weight excluding hydrogens is 472 g/mol. The average Bonchev–Trinajstić information content (AvgIpc) is 2.83. The molecule has 0 amide bonds.